The summed E-state index contributed by atoms with van der Waals surface area (Å²) in [7, 11) is 0. The molecule has 0 aromatic heterocycles. The topological polar surface area (TPSA) is 0 Å². The van der Waals surface area contributed by atoms with Crippen LogP contribution in [-0.4, -0.2) is 0 Å². The zero-order valence-electron chi connectivity index (χ0n) is 9.96. The molecule has 0 aliphatic carbocycles. The number of benzene rings is 2. The Morgan fingerprint density at radius 2 is 1.78 bits per heavy atom. The van der Waals surface area contributed by atoms with Crippen LogP contribution in [0.5, 0.6) is 0 Å². The lowest BCUT2D eigenvalue weighted by Crippen LogP contribution is -1.96. The number of hydrogen-bond donors (Lipinski definition) is 0. The highest BCUT2D eigenvalue weighted by Crippen LogP contribution is 2.33. The Morgan fingerprint density at radius 3 is 2.39 bits per heavy atom. The average Bonchev–Trinajstić information content (AvgIpc) is 2.32. The van der Waals surface area contributed by atoms with Gasteiger partial charge in [0.15, 0.2) is 0 Å². The molecule has 2 aromatic rings. The van der Waals surface area contributed by atoms with Crippen molar-refractivity contribution in [3.63, 3.8) is 0 Å². The number of halogens is 3. The van der Waals surface area contributed by atoms with Gasteiger partial charge in [0.1, 0.15) is 0 Å². The fourth-order valence-corrected chi connectivity index (χ4v) is 3.36. The van der Waals surface area contributed by atoms with Crippen LogP contribution in [0.4, 0.5) is 0 Å². The third-order valence-corrected chi connectivity index (χ3v) is 4.49. The summed E-state index contributed by atoms with van der Waals surface area (Å²) in [4.78, 5) is 0.242. The minimum atomic E-state index is 0.242. The van der Waals surface area contributed by atoms with Crippen molar-refractivity contribution in [3.05, 3.63) is 68.7 Å². The van der Waals surface area contributed by atoms with E-state index in [9.17, 15) is 0 Å². The van der Waals surface area contributed by atoms with Crippen LogP contribution in [0.25, 0.3) is 0 Å². The van der Waals surface area contributed by atoms with E-state index in [0.29, 0.717) is 0 Å². The van der Waals surface area contributed by atoms with Crippen LogP contribution in [0.15, 0.2) is 46.9 Å². The van der Waals surface area contributed by atoms with Gasteiger partial charge in [0.25, 0.3) is 0 Å². The minimum Gasteiger partial charge on any atom is -0.0840 e. The van der Waals surface area contributed by atoms with Gasteiger partial charge < -0.3 is 0 Å². The van der Waals surface area contributed by atoms with Crippen molar-refractivity contribution in [3.8, 4) is 0 Å². The Morgan fingerprint density at radius 1 is 1.11 bits per heavy atom. The van der Waals surface area contributed by atoms with Crippen LogP contribution in [0, 0.1) is 6.92 Å². The van der Waals surface area contributed by atoms with Crippen molar-refractivity contribution in [2.45, 2.75) is 18.2 Å². The van der Waals surface area contributed by atoms with Crippen molar-refractivity contribution in [2.75, 3.05) is 0 Å². The fraction of sp³-hybridized carbons (Fsp3) is 0.200. The van der Waals surface area contributed by atoms with E-state index in [1.54, 1.807) is 0 Å². The molecule has 0 nitrogen and oxygen atoms in total. The highest BCUT2D eigenvalue weighted by atomic mass is 79.9. The third-order valence-electron chi connectivity index (χ3n) is 2.82. The molecule has 18 heavy (non-hydrogen) atoms. The average molecular weight is 389 g/mol. The van der Waals surface area contributed by atoms with E-state index in [1.807, 2.05) is 13.0 Å². The summed E-state index contributed by atoms with van der Waals surface area (Å²) in [6, 6.07) is 14.6. The molecule has 0 saturated heterocycles. The number of alkyl halides is 1. The first-order valence-corrected chi connectivity index (χ1v) is 7.79. The van der Waals surface area contributed by atoms with Crippen LogP contribution in [-0.2, 0) is 6.42 Å². The monoisotopic (exact) mass is 386 g/mol. The van der Waals surface area contributed by atoms with Crippen LogP contribution in [0.2, 0.25) is 5.02 Å². The molecule has 0 aliphatic heterocycles. The van der Waals surface area contributed by atoms with Gasteiger partial charge in [-0.05, 0) is 48.2 Å². The first-order chi connectivity index (χ1) is 8.56. The van der Waals surface area contributed by atoms with Crippen molar-refractivity contribution in [1.29, 1.82) is 0 Å². The van der Waals surface area contributed by atoms with Crippen LogP contribution in [0.3, 0.4) is 0 Å². The van der Waals surface area contributed by atoms with Gasteiger partial charge in [0.05, 0.1) is 0 Å². The van der Waals surface area contributed by atoms with Crippen LogP contribution >= 0.6 is 43.5 Å². The number of rotatable bonds is 3. The first kappa shape index (κ1) is 14.1. The molecule has 2 aromatic carbocycles. The van der Waals surface area contributed by atoms with E-state index in [0.717, 1.165) is 21.5 Å². The maximum absolute atomic E-state index is 6.28. The summed E-state index contributed by atoms with van der Waals surface area (Å²) in [5.41, 5.74) is 3.62. The summed E-state index contributed by atoms with van der Waals surface area (Å²) < 4.78 is 1.10. The Bertz CT molecular complexity index is 535. The zero-order chi connectivity index (χ0) is 13.1. The van der Waals surface area contributed by atoms with Gasteiger partial charge in [-0.15, -0.1) is 0 Å². The molecule has 0 spiro atoms. The van der Waals surface area contributed by atoms with Crippen molar-refractivity contribution in [1.82, 2.24) is 0 Å². The van der Waals surface area contributed by atoms with Crippen molar-refractivity contribution in [2.24, 2.45) is 0 Å². The summed E-state index contributed by atoms with van der Waals surface area (Å²) in [5, 5.41) is 0.828. The molecule has 0 aliphatic rings. The van der Waals surface area contributed by atoms with Crippen molar-refractivity contribution < 1.29 is 0 Å². The minimum absolute atomic E-state index is 0.242. The molecule has 94 valence electrons. The van der Waals surface area contributed by atoms with E-state index in [4.69, 9.17) is 11.6 Å². The molecule has 0 fully saturated rings. The smallest absolute Gasteiger partial charge is 0.0452 e. The molecule has 0 saturated carbocycles. The molecule has 2 rings (SSSR count). The second-order valence-electron chi connectivity index (χ2n) is 4.32. The molecular weight excluding hydrogens is 375 g/mol. The highest BCUT2D eigenvalue weighted by molar-refractivity contribution is 9.10. The standard InChI is InChI=1S/C15H13Br2Cl/c1-10-2-7-13(15(18)8-10)14(17)9-11-3-5-12(16)6-4-11/h2-8,14H,9H2,1H3. The Labute approximate surface area is 130 Å². The van der Waals surface area contributed by atoms with Gasteiger partial charge >= 0.3 is 0 Å². The van der Waals surface area contributed by atoms with Crippen LogP contribution < -0.4 is 0 Å². The summed E-state index contributed by atoms with van der Waals surface area (Å²) >= 11 is 13.4. The van der Waals surface area contributed by atoms with Gasteiger partial charge in [0, 0.05) is 14.3 Å². The summed E-state index contributed by atoms with van der Waals surface area (Å²) in [6.45, 7) is 2.05. The van der Waals surface area contributed by atoms with E-state index < -0.39 is 0 Å². The molecular formula is C15H13Br2Cl. The van der Waals surface area contributed by atoms with Gasteiger partial charge in [-0.3, -0.25) is 0 Å². The lowest BCUT2D eigenvalue weighted by molar-refractivity contribution is 0.948. The fourth-order valence-electron chi connectivity index (χ4n) is 1.82. The summed E-state index contributed by atoms with van der Waals surface area (Å²) in [5.74, 6) is 0. The molecule has 0 heterocycles. The lowest BCUT2D eigenvalue weighted by Gasteiger charge is -2.13. The highest BCUT2D eigenvalue weighted by Gasteiger charge is 2.12. The molecule has 0 bridgehead atoms. The van der Waals surface area contributed by atoms with Gasteiger partial charge in [-0.1, -0.05) is 67.7 Å². The Hall–Kier alpha value is -0.310. The third kappa shape index (κ3) is 3.59. The largest absolute Gasteiger partial charge is 0.0840 e. The quantitative estimate of drug-likeness (QED) is 0.558. The second-order valence-corrected chi connectivity index (χ2v) is 6.75. The first-order valence-electron chi connectivity index (χ1n) is 5.71. The van der Waals surface area contributed by atoms with E-state index >= 15 is 0 Å². The molecule has 0 N–H and O–H groups in total. The molecule has 0 amide bonds. The summed E-state index contributed by atoms with van der Waals surface area (Å²) in [6.07, 6.45) is 0.927. The second kappa shape index (κ2) is 6.23. The van der Waals surface area contributed by atoms with Crippen LogP contribution in [0.1, 0.15) is 21.5 Å². The normalized spacial score (nSPS) is 12.4. The Kier molecular flexibility index (Phi) is 4.88. The maximum atomic E-state index is 6.28. The number of hydrogen-bond acceptors (Lipinski definition) is 0. The molecule has 3 heteroatoms. The lowest BCUT2D eigenvalue weighted by atomic mass is 10.0. The predicted octanol–water partition coefficient (Wildman–Crippen LogP) is 6.09. The van der Waals surface area contributed by atoms with E-state index in [2.05, 4.69) is 68.3 Å². The molecule has 1 unspecified atom stereocenters. The van der Waals surface area contributed by atoms with Gasteiger partial charge in [-0.25, -0.2) is 0 Å². The Balaban J connectivity index is 2.16. The SMILES string of the molecule is Cc1ccc(C(Br)Cc2ccc(Br)cc2)c(Cl)c1. The van der Waals surface area contributed by atoms with Gasteiger partial charge in [0.2, 0.25) is 0 Å². The van der Waals surface area contributed by atoms with E-state index in [1.165, 1.54) is 11.1 Å². The zero-order valence-corrected chi connectivity index (χ0v) is 13.9. The maximum Gasteiger partial charge on any atom is 0.0452 e. The van der Waals surface area contributed by atoms with Crippen molar-refractivity contribution >= 4 is 43.5 Å². The molecule has 1 atom stereocenters. The van der Waals surface area contributed by atoms with Gasteiger partial charge in [-0.2, -0.15) is 0 Å². The molecule has 0 radical (unpaired) electrons. The predicted molar refractivity (Wildman–Crippen MR) is 85.7 cm³/mol. The van der Waals surface area contributed by atoms with E-state index in [-0.39, 0.29) is 4.83 Å². The number of aryl methyl sites for hydroxylation is 1.